The highest BCUT2D eigenvalue weighted by Gasteiger charge is 2.09. The van der Waals surface area contributed by atoms with Crippen LogP contribution in [0.5, 0.6) is 0 Å². The number of benzene rings is 1. The second-order valence-electron chi connectivity index (χ2n) is 2.56. The molecule has 1 heterocycles. The van der Waals surface area contributed by atoms with E-state index in [0.717, 1.165) is 17.7 Å². The average Bonchev–Trinajstić information content (AvgIpc) is 2.04. The zero-order chi connectivity index (χ0) is 7.68. The van der Waals surface area contributed by atoms with Gasteiger partial charge in [-0.3, -0.25) is 0 Å². The molecule has 1 aromatic carbocycles. The molecule has 0 unspecified atom stereocenters. The maximum atomic E-state index is 9.09. The second-order valence-corrected chi connectivity index (χ2v) is 2.56. The Kier molecular flexibility index (Phi) is 1.39. The molecule has 0 aliphatic carbocycles. The first-order valence-corrected chi connectivity index (χ1v) is 3.62. The fraction of sp³-hybridized carbons (Fsp3) is 0.222. The largest absolute Gasteiger partial charge is 0.496 e. The molecule has 0 amide bonds. The lowest BCUT2D eigenvalue weighted by Crippen LogP contribution is -2.03. The molecule has 0 spiro atoms. The number of hydrogen-bond acceptors (Lipinski definition) is 1. The quantitative estimate of drug-likeness (QED) is 0.596. The van der Waals surface area contributed by atoms with Gasteiger partial charge in [0.25, 0.3) is 0 Å². The maximum absolute atomic E-state index is 9.09. The van der Waals surface area contributed by atoms with Crippen LogP contribution >= 0.6 is 0 Å². The van der Waals surface area contributed by atoms with Crippen LogP contribution in [0.1, 0.15) is 12.0 Å². The molecule has 1 radical (unpaired) electrons. The topological polar surface area (TPSA) is 32.6 Å². The van der Waals surface area contributed by atoms with Gasteiger partial charge in [-0.25, -0.2) is 4.99 Å². The van der Waals surface area contributed by atoms with E-state index >= 15 is 0 Å². The highest BCUT2D eigenvalue weighted by atomic mass is 16.3. The first kappa shape index (κ1) is 6.40. The fourth-order valence-electron chi connectivity index (χ4n) is 1.20. The third-order valence-electron chi connectivity index (χ3n) is 1.77. The molecule has 11 heavy (non-hydrogen) atoms. The third kappa shape index (κ3) is 1.11. The molecule has 1 aliphatic rings. The van der Waals surface area contributed by atoms with E-state index in [1.807, 2.05) is 18.2 Å². The van der Waals surface area contributed by atoms with Crippen molar-refractivity contribution >= 4 is 11.6 Å². The Labute approximate surface area is 65.2 Å². The number of nitrogens with zero attached hydrogens (tertiary/aromatic N) is 1. The summed E-state index contributed by atoms with van der Waals surface area (Å²) in [6.07, 6.45) is 1.50. The number of aryl methyl sites for hydroxylation is 1. The summed E-state index contributed by atoms with van der Waals surface area (Å²) in [5, 5.41) is 9.09. The summed E-state index contributed by atoms with van der Waals surface area (Å²) < 4.78 is 0. The summed E-state index contributed by atoms with van der Waals surface area (Å²) in [6, 6.07) is 8.73. The van der Waals surface area contributed by atoms with Gasteiger partial charge >= 0.3 is 0 Å². The molecule has 0 fully saturated rings. The van der Waals surface area contributed by atoms with Crippen LogP contribution in [-0.2, 0) is 6.42 Å². The maximum Gasteiger partial charge on any atom is 0.186 e. The molecule has 55 valence electrons. The van der Waals surface area contributed by atoms with Crippen molar-refractivity contribution in [2.75, 3.05) is 0 Å². The summed E-state index contributed by atoms with van der Waals surface area (Å²) in [5.41, 5.74) is 1.96. The molecule has 2 rings (SSSR count). The Bertz CT molecular complexity index is 304. The minimum absolute atomic E-state index is 0.233. The van der Waals surface area contributed by atoms with Gasteiger partial charge in [-0.2, -0.15) is 0 Å². The highest BCUT2D eigenvalue weighted by Crippen LogP contribution is 2.23. The van der Waals surface area contributed by atoms with Gasteiger partial charge in [0.05, 0.1) is 5.69 Å². The SMILES string of the molecule is OC1=Nc2ccc[c]c2CC1. The summed E-state index contributed by atoms with van der Waals surface area (Å²) in [7, 11) is 0. The van der Waals surface area contributed by atoms with Crippen LogP contribution in [0.25, 0.3) is 0 Å². The molecule has 2 nitrogen and oxygen atoms in total. The van der Waals surface area contributed by atoms with Crippen LogP contribution < -0.4 is 0 Å². The van der Waals surface area contributed by atoms with Crippen molar-refractivity contribution in [1.82, 2.24) is 0 Å². The van der Waals surface area contributed by atoms with Crippen molar-refractivity contribution in [3.05, 3.63) is 29.8 Å². The summed E-state index contributed by atoms with van der Waals surface area (Å²) in [6.45, 7) is 0. The Morgan fingerprint density at radius 2 is 2.36 bits per heavy atom. The van der Waals surface area contributed by atoms with Crippen LogP contribution in [0.4, 0.5) is 5.69 Å². The van der Waals surface area contributed by atoms with Crippen molar-refractivity contribution in [2.45, 2.75) is 12.8 Å². The highest BCUT2D eigenvalue weighted by molar-refractivity contribution is 5.80. The first-order chi connectivity index (χ1) is 5.36. The van der Waals surface area contributed by atoms with E-state index in [4.69, 9.17) is 5.11 Å². The Morgan fingerprint density at radius 1 is 1.45 bits per heavy atom. The third-order valence-corrected chi connectivity index (χ3v) is 1.77. The van der Waals surface area contributed by atoms with E-state index in [9.17, 15) is 0 Å². The molecule has 2 heteroatoms. The van der Waals surface area contributed by atoms with E-state index in [0.29, 0.717) is 6.42 Å². The Morgan fingerprint density at radius 3 is 3.27 bits per heavy atom. The van der Waals surface area contributed by atoms with Crippen molar-refractivity contribution in [3.8, 4) is 0 Å². The van der Waals surface area contributed by atoms with Gasteiger partial charge in [0.2, 0.25) is 0 Å². The number of aliphatic hydroxyl groups is 1. The molecule has 0 aromatic heterocycles. The standard InChI is InChI=1S/C9H8NO/c11-9-6-5-7-3-1-2-4-8(7)10-9/h1-2,4H,5-6H2,(H,10,11). The number of aliphatic hydroxyl groups excluding tert-OH is 1. The molecule has 0 saturated carbocycles. The number of hydrogen-bond donors (Lipinski definition) is 1. The van der Waals surface area contributed by atoms with Gasteiger partial charge in [0.15, 0.2) is 5.90 Å². The molecule has 0 atom stereocenters. The van der Waals surface area contributed by atoms with Crippen LogP contribution in [0.3, 0.4) is 0 Å². The minimum atomic E-state index is 0.233. The lowest BCUT2D eigenvalue weighted by atomic mass is 10.1. The monoisotopic (exact) mass is 146 g/mol. The van der Waals surface area contributed by atoms with Crippen LogP contribution in [0.2, 0.25) is 0 Å². The normalized spacial score (nSPS) is 15.5. The van der Waals surface area contributed by atoms with E-state index < -0.39 is 0 Å². The van der Waals surface area contributed by atoms with Gasteiger partial charge in [0.1, 0.15) is 0 Å². The van der Waals surface area contributed by atoms with E-state index in [2.05, 4.69) is 11.1 Å². The van der Waals surface area contributed by atoms with Crippen molar-refractivity contribution in [2.24, 2.45) is 4.99 Å². The predicted octanol–water partition coefficient (Wildman–Crippen LogP) is 2.02. The van der Waals surface area contributed by atoms with Crippen LogP contribution in [0, 0.1) is 6.07 Å². The predicted molar refractivity (Wildman–Crippen MR) is 43.3 cm³/mol. The zero-order valence-electron chi connectivity index (χ0n) is 6.04. The summed E-state index contributed by atoms with van der Waals surface area (Å²) in [5.74, 6) is 0.233. The lowest BCUT2D eigenvalue weighted by molar-refractivity contribution is 0.527. The zero-order valence-corrected chi connectivity index (χ0v) is 6.04. The first-order valence-electron chi connectivity index (χ1n) is 3.62. The molecule has 0 saturated heterocycles. The van der Waals surface area contributed by atoms with Crippen molar-refractivity contribution in [1.29, 1.82) is 0 Å². The number of aliphatic imine (C=N–C) groups is 1. The Hall–Kier alpha value is -1.31. The van der Waals surface area contributed by atoms with Gasteiger partial charge in [-0.05, 0) is 24.1 Å². The van der Waals surface area contributed by atoms with Crippen LogP contribution in [0.15, 0.2) is 23.2 Å². The lowest BCUT2D eigenvalue weighted by Gasteiger charge is -2.09. The van der Waals surface area contributed by atoms with Gasteiger partial charge in [-0.1, -0.05) is 12.1 Å². The molecule has 1 aliphatic heterocycles. The van der Waals surface area contributed by atoms with Gasteiger partial charge in [0, 0.05) is 6.42 Å². The Balaban J connectivity index is 2.51. The molecule has 0 bridgehead atoms. The molecular weight excluding hydrogens is 138 g/mol. The molecule has 1 aromatic rings. The molecular formula is C9H8NO. The van der Waals surface area contributed by atoms with E-state index in [-0.39, 0.29) is 5.90 Å². The van der Waals surface area contributed by atoms with Crippen LogP contribution in [-0.4, -0.2) is 11.0 Å². The van der Waals surface area contributed by atoms with E-state index in [1.54, 1.807) is 0 Å². The van der Waals surface area contributed by atoms with E-state index in [1.165, 1.54) is 0 Å². The average molecular weight is 146 g/mol. The number of rotatable bonds is 0. The second kappa shape index (κ2) is 2.38. The smallest absolute Gasteiger partial charge is 0.186 e. The molecule has 1 N–H and O–H groups in total. The minimum Gasteiger partial charge on any atom is -0.496 e. The summed E-state index contributed by atoms with van der Waals surface area (Å²) >= 11 is 0. The number of fused-ring (bicyclic) bond motifs is 1. The summed E-state index contributed by atoms with van der Waals surface area (Å²) in [4.78, 5) is 3.99. The van der Waals surface area contributed by atoms with Gasteiger partial charge in [-0.15, -0.1) is 0 Å². The van der Waals surface area contributed by atoms with Gasteiger partial charge < -0.3 is 5.11 Å². The fourth-order valence-corrected chi connectivity index (χ4v) is 1.20. The van der Waals surface area contributed by atoms with Crippen molar-refractivity contribution < 1.29 is 5.11 Å². The van der Waals surface area contributed by atoms with Crippen molar-refractivity contribution in [3.63, 3.8) is 0 Å².